The highest BCUT2D eigenvalue weighted by molar-refractivity contribution is 5.80. The smallest absolute Gasteiger partial charge is 0.263 e. The minimum absolute atomic E-state index is 0.155. The second-order valence-corrected chi connectivity index (χ2v) is 6.17. The average molecular weight is 381 g/mol. The molecule has 0 aliphatic carbocycles. The molecule has 0 saturated heterocycles. The molecule has 1 atom stereocenters. The van der Waals surface area contributed by atoms with Crippen LogP contribution < -0.4 is 9.47 Å². The SMILES string of the molecule is CCN(Cc1nc(-c2ccccc2)no1)C(=O)[C@H](C)Oc1ccc(OC)cc1. The van der Waals surface area contributed by atoms with Crippen molar-refractivity contribution >= 4 is 5.91 Å². The van der Waals surface area contributed by atoms with E-state index in [1.165, 1.54) is 0 Å². The summed E-state index contributed by atoms with van der Waals surface area (Å²) in [5.74, 6) is 2.05. The van der Waals surface area contributed by atoms with Gasteiger partial charge in [0.1, 0.15) is 18.0 Å². The van der Waals surface area contributed by atoms with Crippen molar-refractivity contribution in [3.8, 4) is 22.9 Å². The lowest BCUT2D eigenvalue weighted by Crippen LogP contribution is -2.40. The molecule has 1 amide bonds. The van der Waals surface area contributed by atoms with Gasteiger partial charge in [-0.15, -0.1) is 0 Å². The van der Waals surface area contributed by atoms with E-state index in [1.54, 1.807) is 43.2 Å². The Kier molecular flexibility index (Phi) is 6.26. The number of ether oxygens (including phenoxy) is 2. The van der Waals surface area contributed by atoms with Crippen LogP contribution in [0.3, 0.4) is 0 Å². The van der Waals surface area contributed by atoms with Crippen LogP contribution in [-0.4, -0.2) is 40.7 Å². The third-order valence-electron chi connectivity index (χ3n) is 4.24. The summed E-state index contributed by atoms with van der Waals surface area (Å²) in [7, 11) is 1.60. The zero-order chi connectivity index (χ0) is 19.9. The van der Waals surface area contributed by atoms with Gasteiger partial charge in [-0.25, -0.2) is 0 Å². The van der Waals surface area contributed by atoms with Gasteiger partial charge in [0.25, 0.3) is 5.91 Å². The second kappa shape index (κ2) is 9.03. The lowest BCUT2D eigenvalue weighted by atomic mass is 10.2. The number of rotatable bonds is 8. The number of amides is 1. The van der Waals surface area contributed by atoms with E-state index in [2.05, 4.69) is 10.1 Å². The normalized spacial score (nSPS) is 11.7. The van der Waals surface area contributed by atoms with E-state index in [0.29, 0.717) is 24.0 Å². The molecule has 7 heteroatoms. The largest absolute Gasteiger partial charge is 0.497 e. The van der Waals surface area contributed by atoms with E-state index in [0.717, 1.165) is 11.3 Å². The van der Waals surface area contributed by atoms with Crippen molar-refractivity contribution in [3.63, 3.8) is 0 Å². The van der Waals surface area contributed by atoms with Crippen molar-refractivity contribution in [2.45, 2.75) is 26.5 Å². The second-order valence-electron chi connectivity index (χ2n) is 6.17. The van der Waals surface area contributed by atoms with Crippen LogP contribution in [0.1, 0.15) is 19.7 Å². The monoisotopic (exact) mass is 381 g/mol. The van der Waals surface area contributed by atoms with Crippen molar-refractivity contribution in [1.29, 1.82) is 0 Å². The van der Waals surface area contributed by atoms with Gasteiger partial charge in [0.2, 0.25) is 11.7 Å². The van der Waals surface area contributed by atoms with Crippen molar-refractivity contribution in [3.05, 3.63) is 60.5 Å². The van der Waals surface area contributed by atoms with Gasteiger partial charge in [-0.2, -0.15) is 4.98 Å². The topological polar surface area (TPSA) is 77.7 Å². The maximum absolute atomic E-state index is 12.8. The van der Waals surface area contributed by atoms with Crippen LogP contribution in [0.5, 0.6) is 11.5 Å². The Labute approximate surface area is 163 Å². The van der Waals surface area contributed by atoms with Gasteiger partial charge in [-0.1, -0.05) is 35.5 Å². The molecule has 2 aromatic carbocycles. The molecular weight excluding hydrogens is 358 g/mol. The Morgan fingerprint density at radius 2 is 1.79 bits per heavy atom. The molecule has 28 heavy (non-hydrogen) atoms. The maximum Gasteiger partial charge on any atom is 0.263 e. The third-order valence-corrected chi connectivity index (χ3v) is 4.24. The zero-order valence-corrected chi connectivity index (χ0v) is 16.2. The minimum Gasteiger partial charge on any atom is -0.497 e. The first-order valence-electron chi connectivity index (χ1n) is 9.08. The quantitative estimate of drug-likeness (QED) is 0.594. The van der Waals surface area contributed by atoms with Crippen LogP contribution in [0.25, 0.3) is 11.4 Å². The molecule has 0 radical (unpaired) electrons. The summed E-state index contributed by atoms with van der Waals surface area (Å²) < 4.78 is 16.2. The van der Waals surface area contributed by atoms with Crippen LogP contribution in [0, 0.1) is 0 Å². The molecule has 7 nitrogen and oxygen atoms in total. The summed E-state index contributed by atoms with van der Waals surface area (Å²) in [6, 6.07) is 16.7. The van der Waals surface area contributed by atoms with Gasteiger partial charge in [-0.05, 0) is 38.1 Å². The molecule has 1 aromatic heterocycles. The van der Waals surface area contributed by atoms with E-state index in [1.807, 2.05) is 37.3 Å². The first-order chi connectivity index (χ1) is 13.6. The molecule has 3 aromatic rings. The molecule has 1 heterocycles. The van der Waals surface area contributed by atoms with Gasteiger partial charge in [0.15, 0.2) is 6.10 Å². The van der Waals surface area contributed by atoms with Crippen molar-refractivity contribution in [2.75, 3.05) is 13.7 Å². The van der Waals surface area contributed by atoms with E-state index < -0.39 is 6.10 Å². The van der Waals surface area contributed by atoms with E-state index in [9.17, 15) is 4.79 Å². The summed E-state index contributed by atoms with van der Waals surface area (Å²) in [6.07, 6.45) is -0.648. The number of carbonyl (C=O) groups excluding carboxylic acids is 1. The Morgan fingerprint density at radius 1 is 1.11 bits per heavy atom. The summed E-state index contributed by atoms with van der Waals surface area (Å²) >= 11 is 0. The minimum atomic E-state index is -0.648. The fourth-order valence-corrected chi connectivity index (χ4v) is 2.70. The molecule has 0 spiro atoms. The van der Waals surface area contributed by atoms with E-state index in [-0.39, 0.29) is 12.5 Å². The number of likely N-dealkylation sites (N-methyl/N-ethyl adjacent to an activating group) is 1. The van der Waals surface area contributed by atoms with Gasteiger partial charge in [-0.3, -0.25) is 4.79 Å². The first-order valence-corrected chi connectivity index (χ1v) is 9.08. The van der Waals surface area contributed by atoms with Gasteiger partial charge < -0.3 is 18.9 Å². The maximum atomic E-state index is 12.8. The molecular formula is C21H23N3O4. The molecule has 0 unspecified atom stereocenters. The highest BCUT2D eigenvalue weighted by Crippen LogP contribution is 2.19. The number of aromatic nitrogens is 2. The van der Waals surface area contributed by atoms with Crippen LogP contribution in [0.2, 0.25) is 0 Å². The lowest BCUT2D eigenvalue weighted by Gasteiger charge is -2.23. The lowest BCUT2D eigenvalue weighted by molar-refractivity contribution is -0.138. The summed E-state index contributed by atoms with van der Waals surface area (Å²) in [4.78, 5) is 18.8. The summed E-state index contributed by atoms with van der Waals surface area (Å²) in [6.45, 7) is 4.34. The predicted octanol–water partition coefficient (Wildman–Crippen LogP) is 3.56. The molecule has 0 bridgehead atoms. The fraction of sp³-hybridized carbons (Fsp3) is 0.286. The van der Waals surface area contributed by atoms with E-state index >= 15 is 0 Å². The molecule has 0 aliphatic heterocycles. The van der Waals surface area contributed by atoms with Crippen LogP contribution >= 0.6 is 0 Å². The molecule has 0 fully saturated rings. The number of methoxy groups -OCH3 is 1. The fourth-order valence-electron chi connectivity index (χ4n) is 2.70. The van der Waals surface area contributed by atoms with Gasteiger partial charge >= 0.3 is 0 Å². The third kappa shape index (κ3) is 4.68. The summed E-state index contributed by atoms with van der Waals surface area (Å²) in [5.41, 5.74) is 0.864. The number of hydrogen-bond acceptors (Lipinski definition) is 6. The summed E-state index contributed by atoms with van der Waals surface area (Å²) in [5, 5.41) is 3.99. The Bertz CT molecular complexity index is 894. The Balaban J connectivity index is 1.63. The van der Waals surface area contributed by atoms with E-state index in [4.69, 9.17) is 14.0 Å². The average Bonchev–Trinajstić information content (AvgIpc) is 3.21. The van der Waals surface area contributed by atoms with Crippen molar-refractivity contribution in [2.24, 2.45) is 0 Å². The Hall–Kier alpha value is -3.35. The molecule has 0 saturated carbocycles. The molecule has 0 N–H and O–H groups in total. The standard InChI is InChI=1S/C21H23N3O4/c1-4-24(14-19-22-20(23-28-19)16-8-6-5-7-9-16)21(25)15(2)27-18-12-10-17(26-3)11-13-18/h5-13,15H,4,14H2,1-3H3/t15-/m0/s1. The highest BCUT2D eigenvalue weighted by Gasteiger charge is 2.23. The Morgan fingerprint density at radius 3 is 2.43 bits per heavy atom. The highest BCUT2D eigenvalue weighted by atomic mass is 16.5. The molecule has 0 aliphatic rings. The van der Waals surface area contributed by atoms with Gasteiger partial charge in [0.05, 0.1) is 7.11 Å². The molecule has 146 valence electrons. The first kappa shape index (κ1) is 19.4. The van der Waals surface area contributed by atoms with Gasteiger partial charge in [0, 0.05) is 12.1 Å². The van der Waals surface area contributed by atoms with Crippen LogP contribution in [-0.2, 0) is 11.3 Å². The number of nitrogens with zero attached hydrogens (tertiary/aromatic N) is 3. The number of hydrogen-bond donors (Lipinski definition) is 0. The molecule has 3 rings (SSSR count). The number of benzene rings is 2. The number of carbonyl (C=O) groups is 1. The van der Waals surface area contributed by atoms with Crippen LogP contribution in [0.15, 0.2) is 59.1 Å². The zero-order valence-electron chi connectivity index (χ0n) is 16.2. The van der Waals surface area contributed by atoms with Crippen LogP contribution in [0.4, 0.5) is 0 Å². The van der Waals surface area contributed by atoms with Crippen molar-refractivity contribution in [1.82, 2.24) is 15.0 Å². The predicted molar refractivity (Wildman–Crippen MR) is 104 cm³/mol. The van der Waals surface area contributed by atoms with Crippen molar-refractivity contribution < 1.29 is 18.8 Å².